The molecule has 0 saturated carbocycles. The minimum absolute atomic E-state index is 0.0198. The molecule has 2 atom stereocenters. The quantitative estimate of drug-likeness (QED) is 0.531. The van der Waals surface area contributed by atoms with Gasteiger partial charge in [0.2, 0.25) is 0 Å². The molecular formula is C22H18Cl2N2O3. The topological polar surface area (TPSA) is 57.7 Å². The van der Waals surface area contributed by atoms with Crippen molar-refractivity contribution in [1.29, 1.82) is 0 Å². The molecule has 0 aromatic heterocycles. The van der Waals surface area contributed by atoms with Crippen LogP contribution in [0.25, 0.3) is 0 Å². The molecular weight excluding hydrogens is 411 g/mol. The van der Waals surface area contributed by atoms with Gasteiger partial charge in [-0.05, 0) is 36.6 Å². The highest BCUT2D eigenvalue weighted by atomic mass is 35.5. The van der Waals surface area contributed by atoms with Crippen LogP contribution in [0.4, 0.5) is 0 Å². The maximum absolute atomic E-state index is 13.4. The summed E-state index contributed by atoms with van der Waals surface area (Å²) in [6.07, 6.45) is 4.80. The molecule has 1 saturated heterocycles. The Hall–Kier alpha value is -2.63. The van der Waals surface area contributed by atoms with E-state index in [1.54, 1.807) is 48.5 Å². The maximum Gasteiger partial charge on any atom is 0.274 e. The number of carbonyl (C=O) groups excluding carboxylic acids is 3. The zero-order valence-electron chi connectivity index (χ0n) is 15.4. The molecule has 1 fully saturated rings. The van der Waals surface area contributed by atoms with Crippen LogP contribution in [0, 0.1) is 11.8 Å². The van der Waals surface area contributed by atoms with E-state index < -0.39 is 17.7 Å². The van der Waals surface area contributed by atoms with Crippen molar-refractivity contribution in [3.8, 4) is 0 Å². The molecule has 1 aliphatic heterocycles. The van der Waals surface area contributed by atoms with Gasteiger partial charge in [0.05, 0.1) is 29.0 Å². The first-order chi connectivity index (χ1) is 14.0. The van der Waals surface area contributed by atoms with E-state index in [0.717, 1.165) is 5.01 Å². The molecule has 2 aromatic rings. The van der Waals surface area contributed by atoms with E-state index in [2.05, 4.69) is 0 Å². The van der Waals surface area contributed by atoms with Crippen molar-refractivity contribution in [3.63, 3.8) is 0 Å². The molecule has 0 N–H and O–H groups in total. The van der Waals surface area contributed by atoms with Crippen molar-refractivity contribution < 1.29 is 14.4 Å². The van der Waals surface area contributed by atoms with Crippen molar-refractivity contribution in [2.45, 2.75) is 19.4 Å². The predicted molar refractivity (Wildman–Crippen MR) is 110 cm³/mol. The van der Waals surface area contributed by atoms with Gasteiger partial charge in [0.25, 0.3) is 17.7 Å². The van der Waals surface area contributed by atoms with Crippen molar-refractivity contribution in [2.75, 3.05) is 0 Å². The summed E-state index contributed by atoms with van der Waals surface area (Å²) >= 11 is 12.5. The molecule has 148 valence electrons. The zero-order valence-corrected chi connectivity index (χ0v) is 16.9. The van der Waals surface area contributed by atoms with Gasteiger partial charge in [-0.2, -0.15) is 5.01 Å². The first-order valence-electron chi connectivity index (χ1n) is 9.31. The van der Waals surface area contributed by atoms with Crippen LogP contribution >= 0.6 is 23.2 Å². The molecule has 1 aliphatic carbocycles. The molecule has 2 aromatic carbocycles. The fraction of sp³-hybridized carbons (Fsp3) is 0.227. The number of fused-ring (bicyclic) bond motifs is 1. The number of nitrogens with zero attached hydrogens (tertiary/aromatic N) is 2. The van der Waals surface area contributed by atoms with Gasteiger partial charge in [-0.3, -0.25) is 14.4 Å². The van der Waals surface area contributed by atoms with E-state index in [9.17, 15) is 14.4 Å². The predicted octanol–water partition coefficient (Wildman–Crippen LogP) is 4.50. The lowest BCUT2D eigenvalue weighted by molar-refractivity contribution is -0.155. The van der Waals surface area contributed by atoms with Crippen LogP contribution in [0.2, 0.25) is 10.0 Å². The van der Waals surface area contributed by atoms with E-state index in [1.165, 1.54) is 5.01 Å². The number of benzene rings is 2. The summed E-state index contributed by atoms with van der Waals surface area (Å²) in [5, 5.41) is 2.87. The fourth-order valence-corrected chi connectivity index (χ4v) is 4.23. The Kier molecular flexibility index (Phi) is 5.43. The van der Waals surface area contributed by atoms with Gasteiger partial charge in [0, 0.05) is 5.02 Å². The van der Waals surface area contributed by atoms with Gasteiger partial charge in [-0.25, -0.2) is 5.01 Å². The van der Waals surface area contributed by atoms with E-state index in [4.69, 9.17) is 23.2 Å². The normalized spacial score (nSPS) is 20.7. The Morgan fingerprint density at radius 2 is 1.45 bits per heavy atom. The number of allylic oxidation sites excluding steroid dienone is 2. The van der Waals surface area contributed by atoms with Gasteiger partial charge in [0.15, 0.2) is 0 Å². The molecule has 1 heterocycles. The van der Waals surface area contributed by atoms with Crippen molar-refractivity contribution in [3.05, 3.63) is 81.9 Å². The third-order valence-electron chi connectivity index (χ3n) is 5.34. The number of amides is 3. The summed E-state index contributed by atoms with van der Waals surface area (Å²) in [6.45, 7) is -0.0198. The van der Waals surface area contributed by atoms with Crippen LogP contribution in [0.5, 0.6) is 0 Å². The molecule has 0 unspecified atom stereocenters. The number of hydrogen-bond acceptors (Lipinski definition) is 3. The van der Waals surface area contributed by atoms with E-state index in [-0.39, 0.29) is 28.9 Å². The van der Waals surface area contributed by atoms with E-state index >= 15 is 0 Å². The van der Waals surface area contributed by atoms with Gasteiger partial charge in [-0.15, -0.1) is 0 Å². The van der Waals surface area contributed by atoms with Crippen LogP contribution < -0.4 is 0 Å². The molecule has 0 spiro atoms. The number of imide groups is 1. The summed E-state index contributed by atoms with van der Waals surface area (Å²) < 4.78 is 0. The van der Waals surface area contributed by atoms with Crippen LogP contribution in [0.3, 0.4) is 0 Å². The number of rotatable bonds is 4. The molecule has 29 heavy (non-hydrogen) atoms. The number of hydrazine groups is 1. The molecule has 4 rings (SSSR count). The monoisotopic (exact) mass is 428 g/mol. The average molecular weight is 429 g/mol. The Balaban J connectivity index is 1.75. The SMILES string of the molecule is O=C(c1ccccc1Cl)N(Cc1ccccc1Cl)N1C(=O)[C@@H]2CC=CC[C@H]2C1=O. The Bertz CT molecular complexity index is 995. The van der Waals surface area contributed by atoms with Crippen LogP contribution in [-0.2, 0) is 16.1 Å². The van der Waals surface area contributed by atoms with E-state index in [0.29, 0.717) is 23.4 Å². The van der Waals surface area contributed by atoms with Gasteiger partial charge in [0.1, 0.15) is 0 Å². The molecule has 0 radical (unpaired) electrons. The second kappa shape index (κ2) is 8.01. The highest BCUT2D eigenvalue weighted by Crippen LogP contribution is 2.37. The molecule has 0 bridgehead atoms. The van der Waals surface area contributed by atoms with Crippen LogP contribution in [-0.4, -0.2) is 27.7 Å². The lowest BCUT2D eigenvalue weighted by Gasteiger charge is -2.31. The van der Waals surface area contributed by atoms with Gasteiger partial charge < -0.3 is 0 Å². The first kappa shape index (κ1) is 19.7. The minimum Gasteiger partial charge on any atom is -0.272 e. The lowest BCUT2D eigenvalue weighted by Crippen LogP contribution is -2.49. The average Bonchev–Trinajstić information content (AvgIpc) is 2.98. The van der Waals surface area contributed by atoms with Crippen molar-refractivity contribution in [1.82, 2.24) is 10.0 Å². The Morgan fingerprint density at radius 3 is 2.03 bits per heavy atom. The second-order valence-electron chi connectivity index (χ2n) is 7.08. The van der Waals surface area contributed by atoms with E-state index in [1.807, 2.05) is 12.2 Å². The highest BCUT2D eigenvalue weighted by molar-refractivity contribution is 6.34. The number of carbonyl (C=O) groups is 3. The largest absolute Gasteiger partial charge is 0.274 e. The van der Waals surface area contributed by atoms with Gasteiger partial charge >= 0.3 is 0 Å². The minimum atomic E-state index is -0.524. The van der Waals surface area contributed by atoms with Crippen LogP contribution in [0.15, 0.2) is 60.7 Å². The summed E-state index contributed by atoms with van der Waals surface area (Å²) in [6, 6.07) is 13.6. The first-order valence-corrected chi connectivity index (χ1v) is 10.1. The zero-order chi connectivity index (χ0) is 20.5. The highest BCUT2D eigenvalue weighted by Gasteiger charge is 2.51. The Morgan fingerprint density at radius 1 is 0.897 bits per heavy atom. The summed E-state index contributed by atoms with van der Waals surface area (Å²) in [5.74, 6) is -2.14. The standard InChI is InChI=1S/C22H18Cl2N2O3/c23-18-11-5-1-7-14(18)13-25(20(27)17-10-4-6-12-19(17)24)26-21(28)15-8-2-3-9-16(15)22(26)29/h1-7,10-12,15-16H,8-9,13H2/t15-,16-/m1/s1. The number of halogens is 2. The third kappa shape index (κ3) is 3.56. The number of hydrogen-bond donors (Lipinski definition) is 0. The second-order valence-corrected chi connectivity index (χ2v) is 7.89. The molecule has 2 aliphatic rings. The fourth-order valence-electron chi connectivity index (χ4n) is 3.82. The molecule has 5 nitrogen and oxygen atoms in total. The van der Waals surface area contributed by atoms with Crippen molar-refractivity contribution >= 4 is 40.9 Å². The summed E-state index contributed by atoms with van der Waals surface area (Å²) in [5.41, 5.74) is 0.845. The molecule has 7 heteroatoms. The third-order valence-corrected chi connectivity index (χ3v) is 6.04. The summed E-state index contributed by atoms with van der Waals surface area (Å²) in [7, 11) is 0. The smallest absolute Gasteiger partial charge is 0.272 e. The van der Waals surface area contributed by atoms with Gasteiger partial charge in [-0.1, -0.05) is 65.7 Å². The maximum atomic E-state index is 13.4. The Labute approximate surface area is 178 Å². The van der Waals surface area contributed by atoms with Crippen molar-refractivity contribution in [2.24, 2.45) is 11.8 Å². The summed E-state index contributed by atoms with van der Waals surface area (Å²) in [4.78, 5) is 39.6. The lowest BCUT2D eigenvalue weighted by atomic mass is 9.85. The van der Waals surface area contributed by atoms with Crippen LogP contribution in [0.1, 0.15) is 28.8 Å². The molecule has 3 amide bonds.